The molecular weight excluding hydrogens is 423 g/mol. The molecule has 1 saturated heterocycles. The summed E-state index contributed by atoms with van der Waals surface area (Å²) in [6.07, 6.45) is 3.70. The maximum absolute atomic E-state index is 13.3. The molecule has 1 fully saturated rings. The number of hydrogen-bond acceptors (Lipinski definition) is 1. The maximum atomic E-state index is 13.3. The highest BCUT2D eigenvalue weighted by atomic mass is 19.1. The average molecular weight is 458 g/mol. The fourth-order valence-electron chi connectivity index (χ4n) is 3.56. The molecule has 0 bridgehead atoms. The van der Waals surface area contributed by atoms with Gasteiger partial charge in [0.2, 0.25) is 0 Å². The highest BCUT2D eigenvalue weighted by Gasteiger charge is 2.42. The molecule has 0 amide bonds. The fraction of sp³-hybridized carbons (Fsp3) is 0.370. The summed E-state index contributed by atoms with van der Waals surface area (Å²) in [4.78, 5) is 4.59. The molecule has 3 nitrogen and oxygen atoms in total. The van der Waals surface area contributed by atoms with Crippen molar-refractivity contribution in [1.29, 1.82) is 0 Å². The molecule has 2 N–H and O–H groups in total. The van der Waals surface area contributed by atoms with Crippen LogP contribution in [-0.4, -0.2) is 12.0 Å². The van der Waals surface area contributed by atoms with Crippen LogP contribution in [0.2, 0.25) is 0 Å². The normalized spacial score (nSPS) is 21.1. The van der Waals surface area contributed by atoms with Crippen molar-refractivity contribution in [2.45, 2.75) is 65.1 Å². The number of aliphatic imine (C=N–C) groups is 1. The molecule has 0 aromatic heterocycles. The minimum absolute atomic E-state index is 0.00231. The van der Waals surface area contributed by atoms with E-state index in [1.54, 1.807) is 30.3 Å². The zero-order valence-corrected chi connectivity index (χ0v) is 19.9. The number of hydrogen-bond donors (Lipinski definition) is 2. The molecular formula is C27H34F3N3. The number of benzene rings is 2. The van der Waals surface area contributed by atoms with Crippen molar-refractivity contribution in [1.82, 2.24) is 10.6 Å². The van der Waals surface area contributed by atoms with E-state index in [-0.39, 0.29) is 23.5 Å². The minimum atomic E-state index is -0.436. The van der Waals surface area contributed by atoms with E-state index < -0.39 is 5.54 Å². The molecule has 6 heteroatoms. The monoisotopic (exact) mass is 457 g/mol. The Labute approximate surface area is 195 Å². The number of rotatable bonds is 7. The topological polar surface area (TPSA) is 36.4 Å². The first kappa shape index (κ1) is 26.2. The quantitative estimate of drug-likeness (QED) is 0.443. The van der Waals surface area contributed by atoms with Crippen LogP contribution in [0.3, 0.4) is 0 Å². The Hall–Kier alpha value is -3.02. The van der Waals surface area contributed by atoms with E-state index in [1.807, 2.05) is 20.8 Å². The largest absolute Gasteiger partial charge is 0.351 e. The molecule has 178 valence electrons. The van der Waals surface area contributed by atoms with Crippen molar-refractivity contribution >= 4 is 5.96 Å². The van der Waals surface area contributed by atoms with E-state index in [4.69, 9.17) is 0 Å². The average Bonchev–Trinajstić information content (AvgIpc) is 3.10. The van der Waals surface area contributed by atoms with Gasteiger partial charge in [-0.1, -0.05) is 49.8 Å². The highest BCUT2D eigenvalue weighted by Crippen LogP contribution is 2.31. The predicted molar refractivity (Wildman–Crippen MR) is 131 cm³/mol. The van der Waals surface area contributed by atoms with E-state index in [0.29, 0.717) is 18.9 Å². The van der Waals surface area contributed by atoms with Crippen molar-refractivity contribution in [3.63, 3.8) is 0 Å². The molecule has 1 aliphatic rings. The highest BCUT2D eigenvalue weighted by molar-refractivity contribution is 5.84. The summed E-state index contributed by atoms with van der Waals surface area (Å²) in [6, 6.07) is 12.8. The zero-order chi connectivity index (χ0) is 24.4. The van der Waals surface area contributed by atoms with Crippen LogP contribution in [0, 0.1) is 11.6 Å². The lowest BCUT2D eigenvalue weighted by Crippen LogP contribution is -2.44. The van der Waals surface area contributed by atoms with Gasteiger partial charge in [0.1, 0.15) is 11.6 Å². The molecule has 2 atom stereocenters. The van der Waals surface area contributed by atoms with Crippen molar-refractivity contribution in [2.75, 3.05) is 0 Å². The van der Waals surface area contributed by atoms with Crippen molar-refractivity contribution in [3.05, 3.63) is 95.3 Å². The van der Waals surface area contributed by atoms with Crippen LogP contribution >= 0.6 is 0 Å². The summed E-state index contributed by atoms with van der Waals surface area (Å²) in [5.74, 6) is 0.156. The number of guanidine groups is 1. The van der Waals surface area contributed by atoms with Gasteiger partial charge in [-0.3, -0.25) is 0 Å². The Morgan fingerprint density at radius 1 is 1.06 bits per heavy atom. The molecule has 3 rings (SSSR count). The lowest BCUT2D eigenvalue weighted by Gasteiger charge is -2.31. The van der Waals surface area contributed by atoms with Crippen molar-refractivity contribution in [3.8, 4) is 0 Å². The van der Waals surface area contributed by atoms with E-state index >= 15 is 0 Å². The molecule has 0 aliphatic carbocycles. The van der Waals surface area contributed by atoms with Crippen LogP contribution in [0.4, 0.5) is 13.2 Å². The second kappa shape index (κ2) is 12.3. The van der Waals surface area contributed by atoms with Gasteiger partial charge in [-0.25, -0.2) is 18.2 Å². The van der Waals surface area contributed by atoms with Gasteiger partial charge in [0, 0.05) is 0 Å². The number of allylic oxidation sites excluding steroid dienone is 2. The lowest BCUT2D eigenvalue weighted by atomic mass is 9.83. The van der Waals surface area contributed by atoms with Crippen LogP contribution in [0.1, 0.15) is 58.1 Å². The molecule has 0 saturated carbocycles. The van der Waals surface area contributed by atoms with Gasteiger partial charge in [-0.15, -0.1) is 6.58 Å². The summed E-state index contributed by atoms with van der Waals surface area (Å²) >= 11 is 0. The molecule has 1 aliphatic heterocycles. The van der Waals surface area contributed by atoms with Gasteiger partial charge in [0.15, 0.2) is 5.96 Å². The van der Waals surface area contributed by atoms with E-state index in [2.05, 4.69) is 29.1 Å². The van der Waals surface area contributed by atoms with Gasteiger partial charge in [0.05, 0.1) is 24.0 Å². The Morgan fingerprint density at radius 2 is 1.64 bits per heavy atom. The van der Waals surface area contributed by atoms with Gasteiger partial charge in [-0.05, 0) is 68.5 Å². The second-order valence-electron chi connectivity index (χ2n) is 8.40. The molecule has 2 aromatic rings. The standard InChI is InChI=1S/C21H23F2N3.C6H11F/c1-14(2)12-19-21(3,16-6-10-18(23)11-7-16)26-20(25-19)24-13-15-4-8-17(22)9-5-15;1-3-5-6(7)4-2/h4-11,19H,1,12-13H2,2-3H3,(H2,24,25,26);5H,3-4H2,1-2H3/b;6-5+/t19?,21-;/m0./s1. The van der Waals surface area contributed by atoms with Crippen LogP contribution in [0.25, 0.3) is 0 Å². The fourth-order valence-corrected chi connectivity index (χ4v) is 3.56. The Bertz CT molecular complexity index is 965. The molecule has 0 radical (unpaired) electrons. The Kier molecular flexibility index (Phi) is 9.76. The van der Waals surface area contributed by atoms with Crippen LogP contribution in [0.5, 0.6) is 0 Å². The lowest BCUT2D eigenvalue weighted by molar-refractivity contribution is 0.367. The third-order valence-corrected chi connectivity index (χ3v) is 5.48. The second-order valence-corrected chi connectivity index (χ2v) is 8.40. The van der Waals surface area contributed by atoms with Gasteiger partial charge >= 0.3 is 0 Å². The van der Waals surface area contributed by atoms with Crippen molar-refractivity contribution in [2.24, 2.45) is 4.99 Å². The molecule has 2 aromatic carbocycles. The van der Waals surface area contributed by atoms with Crippen LogP contribution < -0.4 is 10.6 Å². The Balaban J connectivity index is 0.000000479. The van der Waals surface area contributed by atoms with Gasteiger partial charge < -0.3 is 10.6 Å². The zero-order valence-electron chi connectivity index (χ0n) is 19.9. The summed E-state index contributed by atoms with van der Waals surface area (Å²) in [5.41, 5.74) is 2.52. The summed E-state index contributed by atoms with van der Waals surface area (Å²) < 4.78 is 38.3. The van der Waals surface area contributed by atoms with Crippen LogP contribution in [0.15, 0.2) is 77.6 Å². The number of nitrogens with zero attached hydrogens (tertiary/aromatic N) is 1. The van der Waals surface area contributed by atoms with E-state index in [9.17, 15) is 13.2 Å². The number of halogens is 3. The third kappa shape index (κ3) is 7.81. The minimum Gasteiger partial charge on any atom is -0.351 e. The van der Waals surface area contributed by atoms with Gasteiger partial charge in [0.25, 0.3) is 0 Å². The molecule has 0 spiro atoms. The Morgan fingerprint density at radius 3 is 2.12 bits per heavy atom. The smallest absolute Gasteiger partial charge is 0.192 e. The van der Waals surface area contributed by atoms with E-state index in [0.717, 1.165) is 29.5 Å². The first-order valence-corrected chi connectivity index (χ1v) is 11.3. The number of nitrogens with one attached hydrogen (secondary N) is 2. The molecule has 1 unspecified atom stereocenters. The summed E-state index contributed by atoms with van der Waals surface area (Å²) in [6.45, 7) is 12.2. The SMILES string of the molecule is C=C(C)CC1NC(=NCc2ccc(F)cc2)N[C@@]1(C)c1ccc(F)cc1.CC/C=C(/F)CC. The molecule has 33 heavy (non-hydrogen) atoms. The van der Waals surface area contributed by atoms with Gasteiger partial charge in [-0.2, -0.15) is 0 Å². The maximum Gasteiger partial charge on any atom is 0.192 e. The van der Waals surface area contributed by atoms with E-state index in [1.165, 1.54) is 24.3 Å². The first-order valence-electron chi connectivity index (χ1n) is 11.3. The summed E-state index contributed by atoms with van der Waals surface area (Å²) in [5, 5.41) is 6.86. The van der Waals surface area contributed by atoms with Crippen molar-refractivity contribution < 1.29 is 13.2 Å². The molecule has 1 heterocycles. The summed E-state index contributed by atoms with van der Waals surface area (Å²) in [7, 11) is 0. The van der Waals surface area contributed by atoms with Crippen LogP contribution in [-0.2, 0) is 12.1 Å². The predicted octanol–water partition coefficient (Wildman–Crippen LogP) is 6.92. The first-order chi connectivity index (χ1) is 15.7. The third-order valence-electron chi connectivity index (χ3n) is 5.48.